The van der Waals surface area contributed by atoms with Crippen LogP contribution in [0.5, 0.6) is 0 Å². The molecule has 3 aromatic rings. The van der Waals surface area contributed by atoms with E-state index >= 15 is 0 Å². The highest BCUT2D eigenvalue weighted by atomic mass is 79.9. The van der Waals surface area contributed by atoms with Gasteiger partial charge in [-0.3, -0.25) is 19.8 Å². The van der Waals surface area contributed by atoms with Gasteiger partial charge in [0.2, 0.25) is 0 Å². The van der Waals surface area contributed by atoms with Crippen molar-refractivity contribution in [3.8, 4) is 0 Å². The van der Waals surface area contributed by atoms with E-state index in [1.54, 1.807) is 49.4 Å². The third kappa shape index (κ3) is 4.35. The van der Waals surface area contributed by atoms with Crippen molar-refractivity contribution in [2.75, 3.05) is 17.3 Å². The van der Waals surface area contributed by atoms with Gasteiger partial charge in [-0.25, -0.2) is 4.68 Å². The molecule has 0 unspecified atom stereocenters. The molecule has 0 aliphatic rings. The fraction of sp³-hybridized carbons (Fsp3) is 0.105. The van der Waals surface area contributed by atoms with Crippen molar-refractivity contribution in [3.05, 3.63) is 63.7 Å². The van der Waals surface area contributed by atoms with Crippen LogP contribution in [0.1, 0.15) is 17.4 Å². The van der Waals surface area contributed by atoms with Crippen LogP contribution in [0.4, 0.5) is 5.69 Å². The Balaban J connectivity index is 1.97. The van der Waals surface area contributed by atoms with Crippen LogP contribution in [0, 0.1) is 0 Å². The second-order valence-corrected chi connectivity index (χ2v) is 7.18. The standard InChI is InChI=1S/C19H16BrClN4O3/c1-2-22-18(27)19(28)24-25-15-8-3-12(20)9-11(15)10-16(25)17(26)23-14-6-4-13(21)5-7-14/h3-10H,2H2,1H3,(H,22,27)(H,23,26)(H,24,28). The summed E-state index contributed by atoms with van der Waals surface area (Å²) in [5.41, 5.74) is 3.76. The van der Waals surface area contributed by atoms with Gasteiger partial charge < -0.3 is 10.6 Å². The summed E-state index contributed by atoms with van der Waals surface area (Å²) in [5, 5.41) is 6.43. The highest BCUT2D eigenvalue weighted by Crippen LogP contribution is 2.24. The number of nitrogens with one attached hydrogen (secondary N) is 3. The van der Waals surface area contributed by atoms with Gasteiger partial charge in [-0.2, -0.15) is 0 Å². The van der Waals surface area contributed by atoms with E-state index in [-0.39, 0.29) is 5.69 Å². The molecule has 144 valence electrons. The number of fused-ring (bicyclic) bond motifs is 1. The Morgan fingerprint density at radius 3 is 2.43 bits per heavy atom. The maximum absolute atomic E-state index is 12.8. The highest BCUT2D eigenvalue weighted by molar-refractivity contribution is 9.10. The number of hydrogen-bond donors (Lipinski definition) is 3. The molecular weight excluding hydrogens is 448 g/mol. The van der Waals surface area contributed by atoms with E-state index < -0.39 is 17.7 Å². The zero-order valence-electron chi connectivity index (χ0n) is 14.8. The quantitative estimate of drug-likeness (QED) is 0.517. The van der Waals surface area contributed by atoms with Gasteiger partial charge in [0.15, 0.2) is 0 Å². The van der Waals surface area contributed by atoms with E-state index in [1.807, 2.05) is 6.07 Å². The molecule has 3 rings (SSSR count). The maximum atomic E-state index is 12.8. The lowest BCUT2D eigenvalue weighted by atomic mass is 10.2. The second kappa shape index (κ2) is 8.45. The number of aromatic nitrogens is 1. The minimum absolute atomic E-state index is 0.167. The zero-order valence-corrected chi connectivity index (χ0v) is 17.1. The number of anilines is 1. The van der Waals surface area contributed by atoms with Crippen LogP contribution in [0.2, 0.25) is 5.02 Å². The largest absolute Gasteiger partial charge is 0.348 e. The lowest BCUT2D eigenvalue weighted by Crippen LogP contribution is -2.39. The molecule has 0 aliphatic carbocycles. The minimum Gasteiger partial charge on any atom is -0.348 e. The van der Waals surface area contributed by atoms with Crippen molar-refractivity contribution < 1.29 is 14.4 Å². The topological polar surface area (TPSA) is 92.2 Å². The summed E-state index contributed by atoms with van der Waals surface area (Å²) in [5.74, 6) is -2.11. The van der Waals surface area contributed by atoms with E-state index in [1.165, 1.54) is 4.68 Å². The molecule has 1 heterocycles. The summed E-state index contributed by atoms with van der Waals surface area (Å²) in [6.07, 6.45) is 0. The molecule has 2 aromatic carbocycles. The predicted molar refractivity (Wildman–Crippen MR) is 112 cm³/mol. The summed E-state index contributed by atoms with van der Waals surface area (Å²) in [7, 11) is 0. The Bertz CT molecular complexity index is 1060. The lowest BCUT2D eigenvalue weighted by Gasteiger charge is -2.12. The SMILES string of the molecule is CCNC(=O)C(=O)Nn1c(C(=O)Nc2ccc(Cl)cc2)cc2cc(Br)ccc21. The Kier molecular flexibility index (Phi) is 6.01. The molecule has 0 saturated heterocycles. The van der Waals surface area contributed by atoms with Gasteiger partial charge in [0, 0.05) is 27.1 Å². The molecule has 3 N–H and O–H groups in total. The number of likely N-dealkylation sites (N-methyl/N-ethyl adjacent to an activating group) is 1. The first-order valence-electron chi connectivity index (χ1n) is 8.36. The van der Waals surface area contributed by atoms with Crippen LogP contribution in [-0.4, -0.2) is 28.9 Å². The zero-order chi connectivity index (χ0) is 20.3. The number of benzene rings is 2. The summed E-state index contributed by atoms with van der Waals surface area (Å²) in [6.45, 7) is 2.02. The van der Waals surface area contributed by atoms with E-state index in [9.17, 15) is 14.4 Å². The first-order chi connectivity index (χ1) is 13.4. The number of amides is 3. The average Bonchev–Trinajstić information content (AvgIpc) is 3.01. The molecule has 0 bridgehead atoms. The molecule has 9 heteroatoms. The van der Waals surface area contributed by atoms with Gasteiger partial charge in [0.05, 0.1) is 5.52 Å². The monoisotopic (exact) mass is 462 g/mol. The van der Waals surface area contributed by atoms with E-state index in [0.717, 1.165) is 4.47 Å². The van der Waals surface area contributed by atoms with Gasteiger partial charge in [-0.05, 0) is 55.5 Å². The lowest BCUT2D eigenvalue weighted by molar-refractivity contribution is -0.136. The molecule has 0 saturated carbocycles. The van der Waals surface area contributed by atoms with E-state index in [4.69, 9.17) is 11.6 Å². The molecule has 0 fully saturated rings. The van der Waals surface area contributed by atoms with E-state index in [2.05, 4.69) is 32.0 Å². The van der Waals surface area contributed by atoms with Crippen molar-refractivity contribution in [2.45, 2.75) is 6.92 Å². The fourth-order valence-corrected chi connectivity index (χ4v) is 3.10. The fourth-order valence-electron chi connectivity index (χ4n) is 2.60. The number of carbonyl (C=O) groups excluding carboxylic acids is 3. The predicted octanol–water partition coefficient (Wildman–Crippen LogP) is 3.52. The van der Waals surface area contributed by atoms with Crippen molar-refractivity contribution in [1.82, 2.24) is 9.99 Å². The summed E-state index contributed by atoms with van der Waals surface area (Å²) < 4.78 is 2.11. The Hall–Kier alpha value is -2.84. The summed E-state index contributed by atoms with van der Waals surface area (Å²) in [4.78, 5) is 36.8. The van der Waals surface area contributed by atoms with Crippen LogP contribution >= 0.6 is 27.5 Å². The summed E-state index contributed by atoms with van der Waals surface area (Å²) in [6, 6.07) is 13.6. The van der Waals surface area contributed by atoms with Gasteiger partial charge in [0.1, 0.15) is 5.69 Å². The number of halogens is 2. The third-order valence-corrected chi connectivity index (χ3v) is 4.60. The van der Waals surface area contributed by atoms with Gasteiger partial charge in [-0.1, -0.05) is 27.5 Å². The van der Waals surface area contributed by atoms with Crippen molar-refractivity contribution in [3.63, 3.8) is 0 Å². The summed E-state index contributed by atoms with van der Waals surface area (Å²) >= 11 is 9.25. The van der Waals surface area contributed by atoms with Gasteiger partial charge in [0.25, 0.3) is 5.91 Å². The van der Waals surface area contributed by atoms with Crippen LogP contribution in [-0.2, 0) is 9.59 Å². The number of hydrogen-bond acceptors (Lipinski definition) is 3. The number of nitrogens with zero attached hydrogens (tertiary/aromatic N) is 1. The molecule has 0 aliphatic heterocycles. The van der Waals surface area contributed by atoms with Crippen LogP contribution < -0.4 is 16.1 Å². The van der Waals surface area contributed by atoms with Crippen LogP contribution in [0.3, 0.4) is 0 Å². The number of carbonyl (C=O) groups is 3. The molecule has 0 atom stereocenters. The van der Waals surface area contributed by atoms with Gasteiger partial charge >= 0.3 is 11.8 Å². The molecule has 3 amide bonds. The van der Waals surface area contributed by atoms with Crippen LogP contribution in [0.25, 0.3) is 10.9 Å². The molecular formula is C19H16BrClN4O3. The first kappa shape index (κ1) is 19.9. The Morgan fingerprint density at radius 2 is 1.75 bits per heavy atom. The number of rotatable bonds is 4. The highest BCUT2D eigenvalue weighted by Gasteiger charge is 2.20. The average molecular weight is 464 g/mol. The molecule has 0 radical (unpaired) electrons. The second-order valence-electron chi connectivity index (χ2n) is 5.83. The van der Waals surface area contributed by atoms with Crippen LogP contribution in [0.15, 0.2) is 53.0 Å². The Labute approximate surface area is 174 Å². The third-order valence-electron chi connectivity index (χ3n) is 3.86. The smallest absolute Gasteiger partial charge is 0.328 e. The molecule has 28 heavy (non-hydrogen) atoms. The van der Waals surface area contributed by atoms with E-state index in [0.29, 0.717) is 28.2 Å². The maximum Gasteiger partial charge on any atom is 0.328 e. The molecule has 0 spiro atoms. The minimum atomic E-state index is -0.872. The molecule has 7 nitrogen and oxygen atoms in total. The van der Waals surface area contributed by atoms with Crippen molar-refractivity contribution >= 4 is 61.8 Å². The first-order valence-corrected chi connectivity index (χ1v) is 9.53. The molecule has 1 aromatic heterocycles. The van der Waals surface area contributed by atoms with Crippen molar-refractivity contribution in [1.29, 1.82) is 0 Å². The normalized spacial score (nSPS) is 10.5. The van der Waals surface area contributed by atoms with Gasteiger partial charge in [-0.15, -0.1) is 0 Å². The Morgan fingerprint density at radius 1 is 1.04 bits per heavy atom. The van der Waals surface area contributed by atoms with Crippen molar-refractivity contribution in [2.24, 2.45) is 0 Å².